The molecule has 1 atom stereocenters. The standard InChI is InChI=1S/C12H27N3O/c1-12(11-13-5-10-16-3)15-7-4-6-14(2)8-9-15/h12-13H,4-11H2,1-3H3. The molecule has 0 saturated carbocycles. The first-order valence-electron chi connectivity index (χ1n) is 6.36. The highest BCUT2D eigenvalue weighted by Gasteiger charge is 2.16. The summed E-state index contributed by atoms with van der Waals surface area (Å²) >= 11 is 0. The maximum Gasteiger partial charge on any atom is 0.0587 e. The van der Waals surface area contributed by atoms with Crippen LogP contribution in [0.1, 0.15) is 13.3 Å². The van der Waals surface area contributed by atoms with Crippen LogP contribution in [0.15, 0.2) is 0 Å². The summed E-state index contributed by atoms with van der Waals surface area (Å²) < 4.78 is 5.02. The Kier molecular flexibility index (Phi) is 6.96. The fourth-order valence-electron chi connectivity index (χ4n) is 2.12. The van der Waals surface area contributed by atoms with Crippen molar-refractivity contribution in [3.63, 3.8) is 0 Å². The van der Waals surface area contributed by atoms with E-state index in [4.69, 9.17) is 4.74 Å². The molecule has 1 N–H and O–H groups in total. The second-order valence-electron chi connectivity index (χ2n) is 4.74. The lowest BCUT2D eigenvalue weighted by Gasteiger charge is -2.27. The molecular formula is C12H27N3O. The maximum atomic E-state index is 5.02. The first-order chi connectivity index (χ1) is 7.74. The largest absolute Gasteiger partial charge is 0.383 e. The van der Waals surface area contributed by atoms with Crippen LogP contribution in [0.3, 0.4) is 0 Å². The highest BCUT2D eigenvalue weighted by molar-refractivity contribution is 4.74. The number of hydrogen-bond donors (Lipinski definition) is 1. The van der Waals surface area contributed by atoms with Crippen LogP contribution >= 0.6 is 0 Å². The van der Waals surface area contributed by atoms with Gasteiger partial charge < -0.3 is 15.0 Å². The number of likely N-dealkylation sites (N-methyl/N-ethyl adjacent to an activating group) is 1. The molecule has 0 bridgehead atoms. The molecule has 0 radical (unpaired) electrons. The Morgan fingerprint density at radius 2 is 2.06 bits per heavy atom. The van der Waals surface area contributed by atoms with E-state index in [9.17, 15) is 0 Å². The van der Waals surface area contributed by atoms with Gasteiger partial charge in [-0.25, -0.2) is 0 Å². The Labute approximate surface area is 99.9 Å². The van der Waals surface area contributed by atoms with Gasteiger partial charge in [0.1, 0.15) is 0 Å². The normalized spacial score (nSPS) is 21.9. The van der Waals surface area contributed by atoms with Gasteiger partial charge in [-0.1, -0.05) is 0 Å². The van der Waals surface area contributed by atoms with Crippen molar-refractivity contribution in [1.82, 2.24) is 15.1 Å². The molecule has 1 aliphatic rings. The van der Waals surface area contributed by atoms with E-state index in [0.29, 0.717) is 6.04 Å². The van der Waals surface area contributed by atoms with E-state index < -0.39 is 0 Å². The predicted molar refractivity (Wildman–Crippen MR) is 67.9 cm³/mol. The van der Waals surface area contributed by atoms with E-state index in [0.717, 1.165) is 19.7 Å². The molecule has 1 heterocycles. The summed E-state index contributed by atoms with van der Waals surface area (Å²) in [5.41, 5.74) is 0. The lowest BCUT2D eigenvalue weighted by molar-refractivity contribution is 0.184. The molecule has 0 amide bonds. The van der Waals surface area contributed by atoms with Gasteiger partial charge in [0.2, 0.25) is 0 Å². The van der Waals surface area contributed by atoms with Gasteiger partial charge in [0, 0.05) is 39.3 Å². The van der Waals surface area contributed by atoms with Crippen molar-refractivity contribution in [1.29, 1.82) is 0 Å². The molecule has 0 aliphatic carbocycles. The zero-order chi connectivity index (χ0) is 11.8. The van der Waals surface area contributed by atoms with E-state index in [1.807, 2.05) is 0 Å². The minimum absolute atomic E-state index is 0.628. The summed E-state index contributed by atoms with van der Waals surface area (Å²) in [7, 11) is 3.96. The Morgan fingerprint density at radius 3 is 2.81 bits per heavy atom. The SMILES string of the molecule is COCCNCC(C)N1CCCN(C)CC1. The molecule has 4 nitrogen and oxygen atoms in total. The van der Waals surface area contributed by atoms with Crippen LogP contribution in [-0.2, 0) is 4.74 Å². The number of nitrogens with zero attached hydrogens (tertiary/aromatic N) is 2. The van der Waals surface area contributed by atoms with Crippen molar-refractivity contribution in [2.24, 2.45) is 0 Å². The Balaban J connectivity index is 2.16. The molecule has 4 heteroatoms. The van der Waals surface area contributed by atoms with Gasteiger partial charge in [0.15, 0.2) is 0 Å². The lowest BCUT2D eigenvalue weighted by Crippen LogP contribution is -2.42. The van der Waals surface area contributed by atoms with E-state index in [1.54, 1.807) is 7.11 Å². The molecule has 16 heavy (non-hydrogen) atoms. The Hall–Kier alpha value is -0.160. The highest BCUT2D eigenvalue weighted by atomic mass is 16.5. The molecule has 1 unspecified atom stereocenters. The average molecular weight is 229 g/mol. The molecule has 96 valence electrons. The van der Waals surface area contributed by atoms with Crippen LogP contribution in [0, 0.1) is 0 Å². The summed E-state index contributed by atoms with van der Waals surface area (Å²) in [6, 6.07) is 0.628. The van der Waals surface area contributed by atoms with Gasteiger partial charge in [-0.15, -0.1) is 0 Å². The maximum absolute atomic E-state index is 5.02. The van der Waals surface area contributed by atoms with Gasteiger partial charge in [0.05, 0.1) is 6.61 Å². The van der Waals surface area contributed by atoms with Crippen molar-refractivity contribution in [3.05, 3.63) is 0 Å². The van der Waals surface area contributed by atoms with E-state index in [1.165, 1.54) is 32.6 Å². The van der Waals surface area contributed by atoms with Crippen LogP contribution < -0.4 is 5.32 Å². The van der Waals surface area contributed by atoms with Crippen molar-refractivity contribution in [2.75, 3.05) is 60.0 Å². The number of nitrogens with one attached hydrogen (secondary N) is 1. The molecule has 1 rings (SSSR count). The lowest BCUT2D eigenvalue weighted by atomic mass is 10.2. The van der Waals surface area contributed by atoms with Gasteiger partial charge in [-0.05, 0) is 33.5 Å². The summed E-state index contributed by atoms with van der Waals surface area (Å²) in [6.07, 6.45) is 1.29. The molecule has 1 aliphatic heterocycles. The number of methoxy groups -OCH3 is 1. The zero-order valence-corrected chi connectivity index (χ0v) is 11.0. The number of ether oxygens (including phenoxy) is 1. The van der Waals surface area contributed by atoms with E-state index in [2.05, 4.69) is 29.1 Å². The van der Waals surface area contributed by atoms with Crippen LogP contribution in [0.2, 0.25) is 0 Å². The molecule has 1 saturated heterocycles. The summed E-state index contributed by atoms with van der Waals surface area (Å²) in [4.78, 5) is 5.01. The Bertz CT molecular complexity index is 178. The molecule has 0 aromatic carbocycles. The third kappa shape index (κ3) is 5.25. The topological polar surface area (TPSA) is 27.7 Å². The van der Waals surface area contributed by atoms with E-state index >= 15 is 0 Å². The fraction of sp³-hybridized carbons (Fsp3) is 1.00. The van der Waals surface area contributed by atoms with Crippen LogP contribution in [-0.4, -0.2) is 75.9 Å². The van der Waals surface area contributed by atoms with Gasteiger partial charge in [-0.2, -0.15) is 0 Å². The fourth-order valence-corrected chi connectivity index (χ4v) is 2.12. The first kappa shape index (κ1) is 13.9. The van der Waals surface area contributed by atoms with Crippen molar-refractivity contribution >= 4 is 0 Å². The minimum Gasteiger partial charge on any atom is -0.383 e. The number of hydrogen-bond acceptors (Lipinski definition) is 4. The van der Waals surface area contributed by atoms with Gasteiger partial charge in [0.25, 0.3) is 0 Å². The molecule has 1 fully saturated rings. The second kappa shape index (κ2) is 8.01. The summed E-state index contributed by atoms with van der Waals surface area (Å²) in [5.74, 6) is 0. The van der Waals surface area contributed by atoms with Crippen LogP contribution in [0.25, 0.3) is 0 Å². The van der Waals surface area contributed by atoms with Crippen molar-refractivity contribution in [3.8, 4) is 0 Å². The van der Waals surface area contributed by atoms with Gasteiger partial charge >= 0.3 is 0 Å². The van der Waals surface area contributed by atoms with Crippen LogP contribution in [0.4, 0.5) is 0 Å². The van der Waals surface area contributed by atoms with Crippen LogP contribution in [0.5, 0.6) is 0 Å². The number of rotatable bonds is 6. The van der Waals surface area contributed by atoms with E-state index in [-0.39, 0.29) is 0 Å². The summed E-state index contributed by atoms with van der Waals surface area (Å²) in [5, 5.41) is 3.43. The Morgan fingerprint density at radius 1 is 1.25 bits per heavy atom. The third-order valence-electron chi connectivity index (χ3n) is 3.30. The molecule has 0 aromatic heterocycles. The quantitative estimate of drug-likeness (QED) is 0.661. The summed E-state index contributed by atoms with van der Waals surface area (Å²) in [6.45, 7) is 9.99. The highest BCUT2D eigenvalue weighted by Crippen LogP contribution is 2.05. The van der Waals surface area contributed by atoms with Gasteiger partial charge in [-0.3, -0.25) is 4.90 Å². The molecular weight excluding hydrogens is 202 g/mol. The van der Waals surface area contributed by atoms with Crippen molar-refractivity contribution < 1.29 is 4.74 Å². The average Bonchev–Trinajstić information content (AvgIpc) is 2.49. The molecule has 0 spiro atoms. The first-order valence-corrected chi connectivity index (χ1v) is 6.36. The smallest absolute Gasteiger partial charge is 0.0587 e. The van der Waals surface area contributed by atoms with Crippen molar-refractivity contribution in [2.45, 2.75) is 19.4 Å². The molecule has 0 aromatic rings. The minimum atomic E-state index is 0.628. The third-order valence-corrected chi connectivity index (χ3v) is 3.30. The monoisotopic (exact) mass is 229 g/mol. The second-order valence-corrected chi connectivity index (χ2v) is 4.74. The predicted octanol–water partition coefficient (Wildman–Crippen LogP) is 0.248. The zero-order valence-electron chi connectivity index (χ0n) is 11.0.